The van der Waals surface area contributed by atoms with E-state index in [1.807, 2.05) is 52.1 Å². The minimum atomic E-state index is -0.0271. The molecule has 1 aliphatic carbocycles. The fourth-order valence-electron chi connectivity index (χ4n) is 4.20. The summed E-state index contributed by atoms with van der Waals surface area (Å²) in [6.45, 7) is 21.3. The quantitative estimate of drug-likeness (QED) is 0.122. The molecule has 8 nitrogen and oxygen atoms in total. The highest BCUT2D eigenvalue weighted by molar-refractivity contribution is 6.07. The molecular formula is C32H52N4O4. The van der Waals surface area contributed by atoms with E-state index >= 15 is 0 Å². The number of aliphatic imine (C=N–C) groups is 1. The predicted octanol–water partition coefficient (Wildman–Crippen LogP) is 4.98. The van der Waals surface area contributed by atoms with Crippen molar-refractivity contribution in [2.75, 3.05) is 39.3 Å². The molecule has 0 spiro atoms. The van der Waals surface area contributed by atoms with Crippen molar-refractivity contribution >= 4 is 12.0 Å². The third-order valence-corrected chi connectivity index (χ3v) is 6.31. The van der Waals surface area contributed by atoms with Gasteiger partial charge in [0.25, 0.3) is 0 Å². The Kier molecular flexibility index (Phi) is 13.2. The molecule has 0 amide bonds. The van der Waals surface area contributed by atoms with Crippen LogP contribution in [0, 0.1) is 10.8 Å². The predicted molar refractivity (Wildman–Crippen MR) is 164 cm³/mol. The number of Topliss-reactive ketones (excluding diaryl/α,β-unsaturated/α-hetero) is 1. The highest BCUT2D eigenvalue weighted by Gasteiger charge is 2.22. The van der Waals surface area contributed by atoms with E-state index in [2.05, 4.69) is 48.6 Å². The summed E-state index contributed by atoms with van der Waals surface area (Å²) in [6, 6.07) is 5.46. The van der Waals surface area contributed by atoms with Crippen molar-refractivity contribution in [3.63, 3.8) is 0 Å². The lowest BCUT2D eigenvalue weighted by atomic mass is 9.93. The first-order valence-corrected chi connectivity index (χ1v) is 14.5. The molecule has 0 saturated carbocycles. The zero-order valence-electron chi connectivity index (χ0n) is 25.9. The van der Waals surface area contributed by atoms with Crippen LogP contribution in [-0.4, -0.2) is 68.6 Å². The Morgan fingerprint density at radius 2 is 1.62 bits per heavy atom. The number of carbonyl (C=O) groups excluding carboxylic acids is 1. The smallest absolute Gasteiger partial charge is 0.224 e. The number of phenols is 1. The van der Waals surface area contributed by atoms with Crippen molar-refractivity contribution in [1.82, 2.24) is 16.0 Å². The van der Waals surface area contributed by atoms with Crippen molar-refractivity contribution < 1.29 is 19.4 Å². The standard InChI is InChI=1S/C32H52N4O4/c1-23(2)39-27-13-9-11-25(29(27)37)17-35-21-31(5,6)19-33-15-16-34-20-32(7,8)22-36-18-26-12-10-14-28(30(26)38)40-24(3)4/h9,11,13-14,17-18,23-24,33-34,36-37H,10,12,15-16,19-22H2,1-8H3. The van der Waals surface area contributed by atoms with E-state index in [1.165, 1.54) is 0 Å². The first kappa shape index (κ1) is 33.4. The monoisotopic (exact) mass is 556 g/mol. The maximum absolute atomic E-state index is 12.6. The third kappa shape index (κ3) is 12.1. The molecule has 8 heteroatoms. The van der Waals surface area contributed by atoms with Crippen LogP contribution >= 0.6 is 0 Å². The van der Waals surface area contributed by atoms with E-state index in [9.17, 15) is 9.90 Å². The summed E-state index contributed by atoms with van der Waals surface area (Å²) in [4.78, 5) is 17.2. The molecule has 0 heterocycles. The van der Waals surface area contributed by atoms with Gasteiger partial charge >= 0.3 is 0 Å². The lowest BCUT2D eigenvalue weighted by molar-refractivity contribution is -0.116. The van der Waals surface area contributed by atoms with Gasteiger partial charge in [-0.15, -0.1) is 0 Å². The zero-order valence-corrected chi connectivity index (χ0v) is 25.9. The van der Waals surface area contributed by atoms with E-state index in [0.29, 0.717) is 23.6 Å². The van der Waals surface area contributed by atoms with Gasteiger partial charge in [-0.3, -0.25) is 9.79 Å². The van der Waals surface area contributed by atoms with Crippen molar-refractivity contribution in [2.45, 2.75) is 80.4 Å². The van der Waals surface area contributed by atoms with Crippen LogP contribution < -0.4 is 20.7 Å². The third-order valence-electron chi connectivity index (χ3n) is 6.31. The molecule has 0 aromatic heterocycles. The van der Waals surface area contributed by atoms with Gasteiger partial charge in [0.05, 0.1) is 12.2 Å². The van der Waals surface area contributed by atoms with Gasteiger partial charge in [-0.05, 0) is 69.6 Å². The molecule has 224 valence electrons. The average Bonchev–Trinajstić information content (AvgIpc) is 2.85. The minimum Gasteiger partial charge on any atom is -0.504 e. The Hall–Kier alpha value is -2.84. The fourth-order valence-corrected chi connectivity index (χ4v) is 4.20. The summed E-state index contributed by atoms with van der Waals surface area (Å²) < 4.78 is 11.3. The lowest BCUT2D eigenvalue weighted by Gasteiger charge is -2.26. The summed E-state index contributed by atoms with van der Waals surface area (Å²) in [5, 5.41) is 20.9. The summed E-state index contributed by atoms with van der Waals surface area (Å²) in [7, 11) is 0. The number of phenolic OH excluding ortho intramolecular Hbond substituents is 1. The van der Waals surface area contributed by atoms with E-state index < -0.39 is 0 Å². The second-order valence-electron chi connectivity index (χ2n) is 12.7. The van der Waals surface area contributed by atoms with Gasteiger partial charge in [0.15, 0.2) is 17.3 Å². The van der Waals surface area contributed by atoms with Crippen LogP contribution in [0.4, 0.5) is 0 Å². The fraction of sp³-hybridized carbons (Fsp3) is 0.625. The second-order valence-corrected chi connectivity index (χ2v) is 12.7. The molecule has 0 fully saturated rings. The van der Waals surface area contributed by atoms with Crippen molar-refractivity contribution in [2.24, 2.45) is 15.8 Å². The largest absolute Gasteiger partial charge is 0.504 e. The number of hydrogen-bond acceptors (Lipinski definition) is 8. The van der Waals surface area contributed by atoms with Crippen LogP contribution in [0.5, 0.6) is 11.5 Å². The van der Waals surface area contributed by atoms with Crippen LogP contribution in [0.2, 0.25) is 0 Å². The van der Waals surface area contributed by atoms with E-state index in [0.717, 1.165) is 51.1 Å². The lowest BCUT2D eigenvalue weighted by Crippen LogP contribution is -2.40. The molecule has 0 aliphatic heterocycles. The number of allylic oxidation sites excluding steroid dienone is 2. The van der Waals surface area contributed by atoms with Crippen LogP contribution in [0.25, 0.3) is 0 Å². The summed E-state index contributed by atoms with van der Waals surface area (Å²) >= 11 is 0. The summed E-state index contributed by atoms with van der Waals surface area (Å²) in [5.41, 5.74) is 1.44. The van der Waals surface area contributed by atoms with Crippen molar-refractivity contribution in [3.8, 4) is 11.5 Å². The van der Waals surface area contributed by atoms with Crippen molar-refractivity contribution in [3.05, 3.63) is 47.4 Å². The number of rotatable bonds is 17. The first-order valence-electron chi connectivity index (χ1n) is 14.5. The van der Waals surface area contributed by atoms with Crippen LogP contribution in [0.15, 0.2) is 46.8 Å². The Bertz CT molecular complexity index is 1040. The van der Waals surface area contributed by atoms with Crippen LogP contribution in [0.3, 0.4) is 0 Å². The molecule has 1 aliphatic rings. The van der Waals surface area contributed by atoms with E-state index in [-0.39, 0.29) is 34.6 Å². The maximum Gasteiger partial charge on any atom is 0.224 e. The number of para-hydroxylation sites is 1. The molecule has 0 unspecified atom stereocenters. The molecule has 1 aromatic carbocycles. The van der Waals surface area contributed by atoms with Gasteiger partial charge in [-0.2, -0.15) is 0 Å². The number of nitrogens with one attached hydrogen (secondary N) is 3. The van der Waals surface area contributed by atoms with Gasteiger partial charge < -0.3 is 30.5 Å². The first-order chi connectivity index (χ1) is 18.8. The highest BCUT2D eigenvalue weighted by atomic mass is 16.5. The van der Waals surface area contributed by atoms with Gasteiger partial charge in [-0.1, -0.05) is 33.8 Å². The number of carbonyl (C=O) groups is 1. The molecule has 0 saturated heterocycles. The highest BCUT2D eigenvalue weighted by Crippen LogP contribution is 2.29. The van der Waals surface area contributed by atoms with Gasteiger partial charge in [0, 0.05) is 62.8 Å². The molecule has 0 bridgehead atoms. The average molecular weight is 557 g/mol. The summed E-state index contributed by atoms with van der Waals surface area (Å²) in [5.74, 6) is 1.07. The Morgan fingerprint density at radius 1 is 0.975 bits per heavy atom. The molecule has 0 radical (unpaired) electrons. The zero-order chi connectivity index (χ0) is 29.8. The van der Waals surface area contributed by atoms with Crippen LogP contribution in [-0.2, 0) is 9.53 Å². The van der Waals surface area contributed by atoms with Crippen LogP contribution in [0.1, 0.15) is 73.8 Å². The number of benzene rings is 1. The molecule has 1 aromatic rings. The topological polar surface area (TPSA) is 104 Å². The SMILES string of the molecule is CC(C)OC1=CCCC(=CNCC(C)(C)CNCCNCC(C)(C)CN=Cc2cccc(OC(C)C)c2O)C1=O. The Labute approximate surface area is 241 Å². The number of nitrogens with zero attached hydrogens (tertiary/aromatic N) is 1. The Balaban J connectivity index is 1.67. The summed E-state index contributed by atoms with van der Waals surface area (Å²) in [6.07, 6.45) is 7.04. The number of ketones is 1. The van der Waals surface area contributed by atoms with E-state index in [4.69, 9.17) is 9.47 Å². The van der Waals surface area contributed by atoms with Gasteiger partial charge in [0.1, 0.15) is 0 Å². The van der Waals surface area contributed by atoms with Crippen molar-refractivity contribution in [1.29, 1.82) is 0 Å². The maximum atomic E-state index is 12.6. The Morgan fingerprint density at radius 3 is 2.27 bits per heavy atom. The molecular weight excluding hydrogens is 504 g/mol. The van der Waals surface area contributed by atoms with Gasteiger partial charge in [0.2, 0.25) is 5.78 Å². The molecule has 0 atom stereocenters. The second kappa shape index (κ2) is 15.8. The van der Waals surface area contributed by atoms with E-state index in [1.54, 1.807) is 12.3 Å². The number of ether oxygens (including phenoxy) is 2. The number of aromatic hydroxyl groups is 1. The minimum absolute atomic E-state index is 0.00404. The number of hydrogen-bond donors (Lipinski definition) is 4. The molecule has 2 rings (SSSR count). The van der Waals surface area contributed by atoms with Gasteiger partial charge in [-0.25, -0.2) is 0 Å². The normalized spacial score (nSPS) is 15.8. The molecule has 40 heavy (non-hydrogen) atoms. The molecule has 4 N–H and O–H groups in total.